The normalized spacial score (nSPS) is 16.2. The number of thioether (sulfide) groups is 1. The second kappa shape index (κ2) is 13.7. The van der Waals surface area contributed by atoms with Crippen molar-refractivity contribution in [3.8, 4) is 0 Å². The van der Waals surface area contributed by atoms with Gasteiger partial charge in [-0.15, -0.1) is 0 Å². The van der Waals surface area contributed by atoms with E-state index in [0.717, 1.165) is 0 Å². The number of nitrogens with one attached hydrogen (secondary N) is 3. The average Bonchev–Trinajstić information content (AvgIpc) is 2.66. The number of hydrogen-bond acceptors (Lipinski definition) is 7. The first kappa shape index (κ1) is 26.5. The van der Waals surface area contributed by atoms with E-state index in [4.69, 9.17) is 5.73 Å². The van der Waals surface area contributed by atoms with E-state index < -0.39 is 47.9 Å². The van der Waals surface area contributed by atoms with Crippen LogP contribution >= 0.6 is 24.4 Å². The van der Waals surface area contributed by atoms with Crippen LogP contribution in [0.3, 0.4) is 0 Å². The van der Waals surface area contributed by atoms with Crippen molar-refractivity contribution in [1.82, 2.24) is 16.0 Å². The number of hydrogen-bond donors (Lipinski definition) is 6. The fraction of sp³-hybridized carbons (Fsp3) is 0.765. The molecule has 0 aliphatic heterocycles. The molecule has 5 atom stereocenters. The van der Waals surface area contributed by atoms with Gasteiger partial charge in [-0.3, -0.25) is 14.4 Å². The number of nitrogens with two attached hydrogens (primary N) is 1. The van der Waals surface area contributed by atoms with Crippen LogP contribution < -0.4 is 21.7 Å². The minimum atomic E-state index is -1.14. The van der Waals surface area contributed by atoms with E-state index in [2.05, 4.69) is 28.6 Å². The van der Waals surface area contributed by atoms with E-state index in [1.54, 1.807) is 0 Å². The molecule has 28 heavy (non-hydrogen) atoms. The smallest absolute Gasteiger partial charge is 0.326 e. The monoisotopic (exact) mass is 436 g/mol. The molecule has 0 bridgehead atoms. The summed E-state index contributed by atoms with van der Waals surface area (Å²) >= 11 is 5.54. The summed E-state index contributed by atoms with van der Waals surface area (Å²) in [6.07, 6.45) is 2.82. The van der Waals surface area contributed by atoms with Crippen molar-refractivity contribution in [2.45, 2.75) is 57.8 Å². The molecule has 0 aliphatic carbocycles. The molecule has 0 radical (unpaired) electrons. The molecular weight excluding hydrogens is 404 g/mol. The molecule has 0 saturated heterocycles. The van der Waals surface area contributed by atoms with E-state index in [1.165, 1.54) is 18.7 Å². The van der Waals surface area contributed by atoms with Gasteiger partial charge in [-0.05, 0) is 31.3 Å². The molecule has 6 N–H and O–H groups in total. The molecule has 0 aliphatic rings. The van der Waals surface area contributed by atoms with Gasteiger partial charge >= 0.3 is 5.97 Å². The summed E-state index contributed by atoms with van der Waals surface area (Å²) in [4.78, 5) is 48.0. The van der Waals surface area contributed by atoms with Gasteiger partial charge in [-0.2, -0.15) is 24.4 Å². The summed E-state index contributed by atoms with van der Waals surface area (Å²) in [5, 5.41) is 16.6. The summed E-state index contributed by atoms with van der Waals surface area (Å²) in [6.45, 7) is 5.18. The second-order valence-corrected chi connectivity index (χ2v) is 7.92. The van der Waals surface area contributed by atoms with Gasteiger partial charge in [0, 0.05) is 5.75 Å². The minimum absolute atomic E-state index is 0.0185. The van der Waals surface area contributed by atoms with Crippen LogP contribution in [-0.2, 0) is 19.2 Å². The molecule has 0 fully saturated rings. The lowest BCUT2D eigenvalue weighted by molar-refractivity contribution is -0.142. The summed E-state index contributed by atoms with van der Waals surface area (Å²) in [6, 6.07) is -3.74. The van der Waals surface area contributed by atoms with Gasteiger partial charge in [-0.25, -0.2) is 4.79 Å². The Kier molecular flexibility index (Phi) is 13.0. The van der Waals surface area contributed by atoms with Crippen LogP contribution in [0.25, 0.3) is 0 Å². The minimum Gasteiger partial charge on any atom is -0.480 e. The third kappa shape index (κ3) is 9.16. The van der Waals surface area contributed by atoms with Crippen LogP contribution in [0.15, 0.2) is 0 Å². The Labute approximate surface area is 175 Å². The lowest BCUT2D eigenvalue weighted by Gasteiger charge is -2.24. The average molecular weight is 437 g/mol. The lowest BCUT2D eigenvalue weighted by atomic mass is 9.99. The Hall–Kier alpha value is -1.46. The molecule has 3 amide bonds. The molecule has 0 aromatic heterocycles. The van der Waals surface area contributed by atoms with E-state index in [0.29, 0.717) is 12.2 Å². The predicted molar refractivity (Wildman–Crippen MR) is 113 cm³/mol. The van der Waals surface area contributed by atoms with E-state index >= 15 is 0 Å². The zero-order chi connectivity index (χ0) is 21.9. The molecule has 0 rings (SSSR count). The van der Waals surface area contributed by atoms with Crippen LogP contribution in [0.1, 0.15) is 33.6 Å². The summed E-state index contributed by atoms with van der Waals surface area (Å²) in [5.74, 6) is -2.29. The lowest BCUT2D eigenvalue weighted by Crippen LogP contribution is -2.57. The van der Waals surface area contributed by atoms with Crippen LogP contribution in [0, 0.1) is 5.92 Å². The van der Waals surface area contributed by atoms with Gasteiger partial charge in [0.05, 0.1) is 6.04 Å². The zero-order valence-electron chi connectivity index (χ0n) is 16.7. The topological polar surface area (TPSA) is 151 Å². The summed E-state index contributed by atoms with van der Waals surface area (Å²) in [5.41, 5.74) is 5.86. The van der Waals surface area contributed by atoms with Gasteiger partial charge in [0.15, 0.2) is 0 Å². The van der Waals surface area contributed by atoms with Gasteiger partial charge in [0.1, 0.15) is 18.1 Å². The Morgan fingerprint density at radius 1 is 1.04 bits per heavy atom. The molecule has 0 aromatic carbocycles. The first-order valence-electron chi connectivity index (χ1n) is 9.08. The second-order valence-electron chi connectivity index (χ2n) is 6.57. The number of aliphatic carboxylic acids is 1. The first-order valence-corrected chi connectivity index (χ1v) is 11.1. The Balaban J connectivity index is 4.80. The summed E-state index contributed by atoms with van der Waals surface area (Å²) < 4.78 is 0. The Morgan fingerprint density at radius 2 is 1.61 bits per heavy atom. The fourth-order valence-corrected chi connectivity index (χ4v) is 2.87. The van der Waals surface area contributed by atoms with Crippen molar-refractivity contribution in [2.75, 3.05) is 17.8 Å². The number of carboxylic acid groups (broad SMARTS) is 1. The Morgan fingerprint density at radius 3 is 2.07 bits per heavy atom. The number of thiol groups is 1. The SMILES string of the molecule is CCC(C)C(N)C(=O)NC(CS)C(=O)NC(C)C(=O)NC(CCSC)C(=O)O. The standard InChI is InChI=1S/C17H32N4O5S2/c1-5-9(2)13(18)16(24)21-12(8-27)15(23)19-10(3)14(22)20-11(17(25)26)6-7-28-4/h9-13,27H,5-8,18H2,1-4H3,(H,19,23)(H,20,22)(H,21,24)(H,25,26). The highest BCUT2D eigenvalue weighted by atomic mass is 32.2. The zero-order valence-corrected chi connectivity index (χ0v) is 18.4. The van der Waals surface area contributed by atoms with Crippen LogP contribution in [-0.4, -0.2) is 70.7 Å². The highest BCUT2D eigenvalue weighted by Crippen LogP contribution is 2.06. The third-order valence-electron chi connectivity index (χ3n) is 4.35. The molecule has 0 saturated carbocycles. The Bertz CT molecular complexity index is 550. The number of carbonyl (C=O) groups excluding carboxylic acids is 3. The quantitative estimate of drug-likeness (QED) is 0.215. The van der Waals surface area contributed by atoms with Crippen molar-refractivity contribution < 1.29 is 24.3 Å². The van der Waals surface area contributed by atoms with Crippen LogP contribution in [0.4, 0.5) is 0 Å². The number of amides is 3. The predicted octanol–water partition coefficient (Wildman–Crippen LogP) is -0.398. The molecule has 5 unspecified atom stereocenters. The van der Waals surface area contributed by atoms with Crippen molar-refractivity contribution >= 4 is 48.1 Å². The molecular formula is C17H32N4O5S2. The molecule has 11 heteroatoms. The maximum Gasteiger partial charge on any atom is 0.326 e. The third-order valence-corrected chi connectivity index (χ3v) is 5.36. The van der Waals surface area contributed by atoms with Crippen molar-refractivity contribution in [3.63, 3.8) is 0 Å². The molecule has 0 aromatic rings. The number of carbonyl (C=O) groups is 4. The van der Waals surface area contributed by atoms with Gasteiger partial charge in [0.25, 0.3) is 0 Å². The molecule has 0 spiro atoms. The van der Waals surface area contributed by atoms with Crippen molar-refractivity contribution in [2.24, 2.45) is 11.7 Å². The number of rotatable bonds is 13. The molecule has 0 heterocycles. The fourth-order valence-electron chi connectivity index (χ4n) is 2.14. The maximum absolute atomic E-state index is 12.4. The van der Waals surface area contributed by atoms with E-state index in [1.807, 2.05) is 20.1 Å². The van der Waals surface area contributed by atoms with Gasteiger partial charge in [-0.1, -0.05) is 20.3 Å². The largest absolute Gasteiger partial charge is 0.480 e. The van der Waals surface area contributed by atoms with Gasteiger partial charge < -0.3 is 26.8 Å². The number of carboxylic acids is 1. The first-order chi connectivity index (χ1) is 13.1. The summed E-state index contributed by atoms with van der Waals surface area (Å²) in [7, 11) is 0. The van der Waals surface area contributed by atoms with Crippen LogP contribution in [0.2, 0.25) is 0 Å². The highest BCUT2D eigenvalue weighted by molar-refractivity contribution is 7.98. The van der Waals surface area contributed by atoms with Gasteiger partial charge in [0.2, 0.25) is 17.7 Å². The van der Waals surface area contributed by atoms with Crippen molar-refractivity contribution in [3.05, 3.63) is 0 Å². The van der Waals surface area contributed by atoms with E-state index in [9.17, 15) is 24.3 Å². The molecule has 162 valence electrons. The van der Waals surface area contributed by atoms with Crippen molar-refractivity contribution in [1.29, 1.82) is 0 Å². The molecule has 9 nitrogen and oxygen atoms in total. The van der Waals surface area contributed by atoms with E-state index in [-0.39, 0.29) is 18.1 Å². The highest BCUT2D eigenvalue weighted by Gasteiger charge is 2.28. The maximum atomic E-state index is 12.4. The van der Waals surface area contributed by atoms with Crippen LogP contribution in [0.5, 0.6) is 0 Å².